The number of anilines is 2. The summed E-state index contributed by atoms with van der Waals surface area (Å²) in [5, 5.41) is 0. The molecule has 4 aromatic rings. The number of rotatable bonds is 9. The molecule has 0 amide bonds. The van der Waals surface area contributed by atoms with Crippen LogP contribution in [-0.2, 0) is 0 Å². The fourth-order valence-corrected chi connectivity index (χ4v) is 5.69. The zero-order valence-electron chi connectivity index (χ0n) is 25.5. The van der Waals surface area contributed by atoms with Gasteiger partial charge in [0.25, 0.3) is 0 Å². The normalized spacial score (nSPS) is 13.0. The van der Waals surface area contributed by atoms with Crippen LogP contribution in [0.3, 0.4) is 0 Å². The Labute approximate surface area is 258 Å². The molecule has 42 heavy (non-hydrogen) atoms. The summed E-state index contributed by atoms with van der Waals surface area (Å²) >= 11 is 0. The van der Waals surface area contributed by atoms with Crippen molar-refractivity contribution in [1.82, 2.24) is 0 Å². The monoisotopic (exact) mass is 575 g/mol. The Hall–Kier alpha value is -4.08. The highest BCUT2D eigenvalue weighted by Crippen LogP contribution is 2.38. The number of allylic oxidation sites excluding steroid dienone is 3. The van der Waals surface area contributed by atoms with Crippen LogP contribution in [0.15, 0.2) is 114 Å². The molecule has 0 spiro atoms. The fourth-order valence-electron chi connectivity index (χ4n) is 5.69. The average molecular weight is 576 g/mol. The van der Waals surface area contributed by atoms with E-state index in [-0.39, 0.29) is 12.4 Å². The summed E-state index contributed by atoms with van der Waals surface area (Å²) in [7, 11) is 0. The first-order chi connectivity index (χ1) is 20.1. The number of aliphatic imine (C=N–C) groups is 1. The molecular formula is C38H42ClN3. The number of fused-ring (bicyclic) bond motifs is 1. The van der Waals surface area contributed by atoms with E-state index >= 15 is 0 Å². The van der Waals surface area contributed by atoms with Crippen molar-refractivity contribution in [2.75, 3.05) is 36.0 Å². The third kappa shape index (κ3) is 6.53. The molecule has 0 unspecified atom stereocenters. The van der Waals surface area contributed by atoms with E-state index in [0.717, 1.165) is 43.1 Å². The molecule has 0 aliphatic heterocycles. The first-order valence-electron chi connectivity index (χ1n) is 14.9. The van der Waals surface area contributed by atoms with Gasteiger partial charge in [0.2, 0.25) is 0 Å². The minimum Gasteiger partial charge on any atom is -0.372 e. The summed E-state index contributed by atoms with van der Waals surface area (Å²) in [6.07, 6.45) is 4.42. The molecule has 0 heterocycles. The van der Waals surface area contributed by atoms with Crippen molar-refractivity contribution in [3.8, 4) is 0 Å². The van der Waals surface area contributed by atoms with Crippen molar-refractivity contribution in [1.29, 1.82) is 0 Å². The van der Waals surface area contributed by atoms with Gasteiger partial charge in [-0.2, -0.15) is 0 Å². The molecule has 4 heteroatoms. The van der Waals surface area contributed by atoms with Crippen LogP contribution < -0.4 is 9.80 Å². The van der Waals surface area contributed by atoms with Gasteiger partial charge in [0.1, 0.15) is 0 Å². The lowest BCUT2D eigenvalue weighted by Gasteiger charge is -2.24. The van der Waals surface area contributed by atoms with Gasteiger partial charge in [-0.1, -0.05) is 72.3 Å². The second kappa shape index (κ2) is 14.2. The molecule has 0 atom stereocenters. The van der Waals surface area contributed by atoms with Gasteiger partial charge in [-0.25, -0.2) is 4.99 Å². The van der Waals surface area contributed by atoms with Gasteiger partial charge in [-0.3, -0.25) is 0 Å². The van der Waals surface area contributed by atoms with Crippen molar-refractivity contribution in [2.24, 2.45) is 4.99 Å². The summed E-state index contributed by atoms with van der Waals surface area (Å²) in [6.45, 7) is 14.9. The third-order valence-electron chi connectivity index (χ3n) is 8.02. The highest BCUT2D eigenvalue weighted by molar-refractivity contribution is 6.19. The number of hydrogen-bond acceptors (Lipinski definition) is 3. The second-order valence-corrected chi connectivity index (χ2v) is 10.4. The third-order valence-corrected chi connectivity index (χ3v) is 8.02. The lowest BCUT2D eigenvalue weighted by molar-refractivity contribution is 0.866. The number of aryl methyl sites for hydroxylation is 1. The van der Waals surface area contributed by atoms with E-state index in [4.69, 9.17) is 4.99 Å². The van der Waals surface area contributed by atoms with E-state index in [1.54, 1.807) is 0 Å². The smallest absolute Gasteiger partial charge is 0.0715 e. The molecule has 216 valence electrons. The lowest BCUT2D eigenvalue weighted by Crippen LogP contribution is -2.21. The van der Waals surface area contributed by atoms with E-state index < -0.39 is 0 Å². The minimum absolute atomic E-state index is 0. The molecule has 5 rings (SSSR count). The van der Waals surface area contributed by atoms with Crippen LogP contribution in [0.2, 0.25) is 0 Å². The van der Waals surface area contributed by atoms with Gasteiger partial charge in [0, 0.05) is 43.1 Å². The lowest BCUT2D eigenvalue weighted by atomic mass is 9.83. The fraction of sp³-hybridized carbons (Fsp3) is 0.237. The number of nitrogens with zero attached hydrogens (tertiary/aromatic N) is 3. The number of halogens is 1. The van der Waals surface area contributed by atoms with Gasteiger partial charge in [-0.05, 0) is 105 Å². The standard InChI is InChI=1S/C38H41N3.ClH/c1-6-40(7-2)32-22-16-29(17-23-32)38(30-18-24-33(25-19-30)41(8-3)9-4)36-26-27-37(35-13-11-10-12-34(35)36)39-31-20-14-28(5)15-21-31;/h10-27H,6-9H2,1-5H3;1H. The summed E-state index contributed by atoms with van der Waals surface area (Å²) in [6, 6.07) is 35.2. The molecule has 0 aromatic heterocycles. The molecule has 1 aliphatic rings. The molecule has 3 nitrogen and oxygen atoms in total. The van der Waals surface area contributed by atoms with Crippen molar-refractivity contribution in [2.45, 2.75) is 34.6 Å². The summed E-state index contributed by atoms with van der Waals surface area (Å²) in [5.74, 6) is 0. The molecule has 0 radical (unpaired) electrons. The van der Waals surface area contributed by atoms with Gasteiger partial charge >= 0.3 is 0 Å². The molecule has 4 aromatic carbocycles. The topological polar surface area (TPSA) is 18.8 Å². The predicted octanol–water partition coefficient (Wildman–Crippen LogP) is 9.76. The van der Waals surface area contributed by atoms with Crippen molar-refractivity contribution >= 4 is 46.3 Å². The summed E-state index contributed by atoms with van der Waals surface area (Å²) < 4.78 is 0. The van der Waals surface area contributed by atoms with Crippen molar-refractivity contribution in [3.05, 3.63) is 137 Å². The van der Waals surface area contributed by atoms with Crippen LogP contribution in [0.1, 0.15) is 55.5 Å². The minimum atomic E-state index is 0. The molecule has 1 aliphatic carbocycles. The van der Waals surface area contributed by atoms with E-state index in [1.807, 2.05) is 0 Å². The Balaban J connectivity index is 0.00000405. The zero-order chi connectivity index (χ0) is 28.8. The van der Waals surface area contributed by atoms with Gasteiger partial charge in [0.05, 0.1) is 11.4 Å². The Morgan fingerprint density at radius 1 is 0.571 bits per heavy atom. The SMILES string of the molecule is CCN(CC)c1ccc(C(=C2C=CC(=Nc3ccc(C)cc3)c3ccccc32)c2ccc(N(CC)CC)cc2)cc1.Cl. The quantitative estimate of drug-likeness (QED) is 0.198. The maximum Gasteiger partial charge on any atom is 0.0715 e. The number of hydrogen-bond donors (Lipinski definition) is 0. The van der Waals surface area contributed by atoms with Crippen LogP contribution in [0, 0.1) is 6.92 Å². The summed E-state index contributed by atoms with van der Waals surface area (Å²) in [5.41, 5.74) is 12.9. The molecule has 0 N–H and O–H groups in total. The molecule has 0 bridgehead atoms. The Morgan fingerprint density at radius 3 is 1.52 bits per heavy atom. The summed E-state index contributed by atoms with van der Waals surface area (Å²) in [4.78, 5) is 9.81. The van der Waals surface area contributed by atoms with Crippen molar-refractivity contribution < 1.29 is 0 Å². The van der Waals surface area contributed by atoms with E-state index in [0.29, 0.717) is 0 Å². The first kappa shape index (κ1) is 30.9. The highest BCUT2D eigenvalue weighted by atomic mass is 35.5. The highest BCUT2D eigenvalue weighted by Gasteiger charge is 2.20. The van der Waals surface area contributed by atoms with Crippen LogP contribution in [0.4, 0.5) is 17.1 Å². The van der Waals surface area contributed by atoms with Gasteiger partial charge in [-0.15, -0.1) is 12.4 Å². The van der Waals surface area contributed by atoms with Crippen LogP contribution >= 0.6 is 12.4 Å². The van der Waals surface area contributed by atoms with Crippen LogP contribution in [-0.4, -0.2) is 31.9 Å². The van der Waals surface area contributed by atoms with E-state index in [2.05, 4.69) is 154 Å². The number of benzene rings is 4. The Kier molecular flexibility index (Phi) is 10.4. The first-order valence-corrected chi connectivity index (χ1v) is 14.9. The predicted molar refractivity (Wildman–Crippen MR) is 186 cm³/mol. The molecular weight excluding hydrogens is 534 g/mol. The Bertz CT molecular complexity index is 1500. The van der Waals surface area contributed by atoms with E-state index in [9.17, 15) is 0 Å². The van der Waals surface area contributed by atoms with Crippen LogP contribution in [0.25, 0.3) is 11.1 Å². The molecule has 0 saturated carbocycles. The zero-order valence-corrected chi connectivity index (χ0v) is 26.3. The largest absolute Gasteiger partial charge is 0.372 e. The second-order valence-electron chi connectivity index (χ2n) is 10.4. The molecule has 0 fully saturated rings. The Morgan fingerprint density at radius 2 is 1.05 bits per heavy atom. The van der Waals surface area contributed by atoms with Crippen molar-refractivity contribution in [3.63, 3.8) is 0 Å². The van der Waals surface area contributed by atoms with Crippen LogP contribution in [0.5, 0.6) is 0 Å². The average Bonchev–Trinajstić information content (AvgIpc) is 3.02. The maximum atomic E-state index is 5.04. The maximum absolute atomic E-state index is 5.04. The molecule has 0 saturated heterocycles. The van der Waals surface area contributed by atoms with Gasteiger partial charge in [0.15, 0.2) is 0 Å². The van der Waals surface area contributed by atoms with Gasteiger partial charge < -0.3 is 9.80 Å². The van der Waals surface area contributed by atoms with E-state index in [1.165, 1.54) is 44.8 Å².